The van der Waals surface area contributed by atoms with E-state index in [2.05, 4.69) is 24.4 Å². The highest BCUT2D eigenvalue weighted by Gasteiger charge is 2.32. The van der Waals surface area contributed by atoms with Gasteiger partial charge in [0.25, 0.3) is 0 Å². The molecule has 8 heteroatoms. The monoisotopic (exact) mass is 521 g/mol. The van der Waals surface area contributed by atoms with Crippen molar-refractivity contribution in [3.05, 3.63) is 82.4 Å². The van der Waals surface area contributed by atoms with Gasteiger partial charge in [0.2, 0.25) is 0 Å². The van der Waals surface area contributed by atoms with E-state index >= 15 is 0 Å². The average molecular weight is 522 g/mol. The Bertz CT molecular complexity index is 1260. The molecule has 0 spiro atoms. The van der Waals surface area contributed by atoms with Crippen molar-refractivity contribution in [2.45, 2.75) is 38.8 Å². The summed E-state index contributed by atoms with van der Waals surface area (Å²) in [6, 6.07) is 17.4. The van der Waals surface area contributed by atoms with Crippen LogP contribution in [0.2, 0.25) is 0 Å². The van der Waals surface area contributed by atoms with Crippen molar-refractivity contribution in [1.29, 1.82) is 0 Å². The summed E-state index contributed by atoms with van der Waals surface area (Å²) in [6.07, 6.45) is 1.51. The normalized spacial score (nSPS) is 12.5. The summed E-state index contributed by atoms with van der Waals surface area (Å²) in [5.41, 5.74) is 5.19. The first-order chi connectivity index (χ1) is 18.2. The summed E-state index contributed by atoms with van der Waals surface area (Å²) in [5, 5.41) is 21.9. The smallest absolute Gasteiger partial charge is 0.337 e. The molecule has 202 valence electrons. The number of carboxylic acids is 1. The summed E-state index contributed by atoms with van der Waals surface area (Å²) in [4.78, 5) is 23.3. The molecule has 3 aromatic rings. The number of esters is 1. The van der Waals surface area contributed by atoms with Gasteiger partial charge in [-0.15, -0.1) is 0 Å². The fourth-order valence-electron chi connectivity index (χ4n) is 4.29. The highest BCUT2D eigenvalue weighted by Crippen LogP contribution is 2.32. The van der Waals surface area contributed by atoms with Crippen LogP contribution >= 0.6 is 0 Å². The Hall–Kier alpha value is -3.88. The number of aryl methyl sites for hydroxylation is 2. The standard InChI is InChI=1S/C30H35NO7/c1-19-21(7-6-8-24(19)22-11-13-23(14-12-22)28(33)38-5)10-9-20-15-26(36-3)25(27(16-20)37-4)17-31-30(2,18-32)29(34)35/h6-8,11-16,31-32H,9-10,17-18H2,1-5H3,(H,34,35). The molecule has 38 heavy (non-hydrogen) atoms. The first kappa shape index (κ1) is 28.7. The lowest BCUT2D eigenvalue weighted by atomic mass is 9.92. The summed E-state index contributed by atoms with van der Waals surface area (Å²) in [5.74, 6) is -0.354. The lowest BCUT2D eigenvalue weighted by Gasteiger charge is -2.25. The van der Waals surface area contributed by atoms with Gasteiger partial charge in [0.15, 0.2) is 0 Å². The van der Waals surface area contributed by atoms with E-state index in [1.165, 1.54) is 19.6 Å². The number of aliphatic hydroxyl groups is 1. The van der Waals surface area contributed by atoms with Crippen LogP contribution in [0.1, 0.15) is 39.5 Å². The molecule has 0 aliphatic carbocycles. The average Bonchev–Trinajstić information content (AvgIpc) is 2.94. The van der Waals surface area contributed by atoms with E-state index < -0.39 is 18.1 Å². The highest BCUT2D eigenvalue weighted by molar-refractivity contribution is 5.90. The largest absolute Gasteiger partial charge is 0.496 e. The number of benzene rings is 3. The molecule has 0 bridgehead atoms. The van der Waals surface area contributed by atoms with E-state index in [4.69, 9.17) is 14.2 Å². The van der Waals surface area contributed by atoms with Crippen LogP contribution in [0.25, 0.3) is 11.1 Å². The van der Waals surface area contributed by atoms with Gasteiger partial charge in [0, 0.05) is 12.1 Å². The van der Waals surface area contributed by atoms with Gasteiger partial charge >= 0.3 is 11.9 Å². The summed E-state index contributed by atoms with van der Waals surface area (Å²) < 4.78 is 16.0. The third-order valence-electron chi connectivity index (χ3n) is 6.86. The number of hydrogen-bond acceptors (Lipinski definition) is 7. The lowest BCUT2D eigenvalue weighted by molar-refractivity contribution is -0.145. The molecule has 0 heterocycles. The number of aliphatic hydroxyl groups excluding tert-OH is 1. The number of nitrogens with one attached hydrogen (secondary N) is 1. The predicted octanol–water partition coefficient (Wildman–Crippen LogP) is 4.18. The van der Waals surface area contributed by atoms with Gasteiger partial charge in [-0.1, -0.05) is 30.3 Å². The van der Waals surface area contributed by atoms with E-state index in [0.29, 0.717) is 22.6 Å². The minimum atomic E-state index is -1.49. The van der Waals surface area contributed by atoms with E-state index in [1.807, 2.05) is 30.3 Å². The van der Waals surface area contributed by atoms with E-state index in [9.17, 15) is 19.8 Å². The van der Waals surface area contributed by atoms with Crippen molar-refractivity contribution in [1.82, 2.24) is 5.32 Å². The maximum Gasteiger partial charge on any atom is 0.337 e. The Balaban J connectivity index is 1.81. The molecule has 1 atom stereocenters. The first-order valence-corrected chi connectivity index (χ1v) is 12.3. The molecule has 0 aliphatic rings. The molecule has 3 rings (SSSR count). The number of ether oxygens (including phenoxy) is 3. The Morgan fingerprint density at radius 3 is 2.11 bits per heavy atom. The lowest BCUT2D eigenvalue weighted by Crippen LogP contribution is -2.52. The van der Waals surface area contributed by atoms with E-state index in [-0.39, 0.29) is 12.5 Å². The Kier molecular flexibility index (Phi) is 9.50. The Labute approximate surface area is 223 Å². The molecule has 0 saturated heterocycles. The molecule has 0 radical (unpaired) electrons. The minimum absolute atomic E-state index is 0.145. The molecule has 0 saturated carbocycles. The zero-order valence-corrected chi connectivity index (χ0v) is 22.5. The molecule has 3 N–H and O–H groups in total. The van der Waals surface area contributed by atoms with Gasteiger partial charge in [-0.3, -0.25) is 10.1 Å². The van der Waals surface area contributed by atoms with Gasteiger partial charge in [0.05, 0.1) is 33.5 Å². The number of aliphatic carboxylic acids is 1. The van der Waals surface area contributed by atoms with Crippen LogP contribution in [0.3, 0.4) is 0 Å². The number of carboxylic acid groups (broad SMARTS) is 1. The van der Waals surface area contributed by atoms with Crippen molar-refractivity contribution in [3.63, 3.8) is 0 Å². The third kappa shape index (κ3) is 6.33. The highest BCUT2D eigenvalue weighted by atomic mass is 16.5. The molecule has 0 aromatic heterocycles. The number of hydrogen-bond donors (Lipinski definition) is 3. The summed E-state index contributed by atoms with van der Waals surface area (Å²) in [7, 11) is 4.49. The second kappa shape index (κ2) is 12.6. The topological polar surface area (TPSA) is 114 Å². The van der Waals surface area contributed by atoms with E-state index in [1.54, 1.807) is 26.4 Å². The van der Waals surface area contributed by atoms with E-state index in [0.717, 1.165) is 35.1 Å². The third-order valence-corrected chi connectivity index (χ3v) is 6.86. The summed E-state index contributed by atoms with van der Waals surface area (Å²) in [6.45, 7) is 3.10. The van der Waals surface area contributed by atoms with Crippen LogP contribution in [-0.4, -0.2) is 55.6 Å². The van der Waals surface area contributed by atoms with Crippen LogP contribution in [-0.2, 0) is 28.9 Å². The van der Waals surface area contributed by atoms with Gasteiger partial charge in [0.1, 0.15) is 17.0 Å². The van der Waals surface area contributed by atoms with Gasteiger partial charge in [-0.05, 0) is 78.8 Å². The maximum absolute atomic E-state index is 11.8. The zero-order valence-electron chi connectivity index (χ0n) is 22.5. The number of carbonyl (C=O) groups is 2. The summed E-state index contributed by atoms with van der Waals surface area (Å²) >= 11 is 0. The molecular weight excluding hydrogens is 486 g/mol. The van der Waals surface area contributed by atoms with Crippen molar-refractivity contribution in [2.24, 2.45) is 0 Å². The molecule has 3 aromatic carbocycles. The molecule has 0 amide bonds. The number of rotatable bonds is 12. The molecule has 0 aliphatic heterocycles. The van der Waals surface area contributed by atoms with Crippen LogP contribution in [0.5, 0.6) is 11.5 Å². The van der Waals surface area contributed by atoms with Crippen LogP contribution in [0.4, 0.5) is 0 Å². The Morgan fingerprint density at radius 2 is 1.58 bits per heavy atom. The van der Waals surface area contributed by atoms with Gasteiger partial charge in [-0.25, -0.2) is 4.79 Å². The van der Waals surface area contributed by atoms with Crippen molar-refractivity contribution >= 4 is 11.9 Å². The molecule has 8 nitrogen and oxygen atoms in total. The minimum Gasteiger partial charge on any atom is -0.496 e. The SMILES string of the molecule is COC(=O)c1ccc(-c2cccc(CCc3cc(OC)c(CNC(C)(CO)C(=O)O)c(OC)c3)c2C)cc1. The second-order valence-electron chi connectivity index (χ2n) is 9.29. The van der Waals surface area contributed by atoms with Crippen LogP contribution in [0, 0.1) is 6.92 Å². The van der Waals surface area contributed by atoms with Crippen molar-refractivity contribution in [3.8, 4) is 22.6 Å². The van der Waals surface area contributed by atoms with Crippen LogP contribution in [0.15, 0.2) is 54.6 Å². The first-order valence-electron chi connectivity index (χ1n) is 12.3. The quantitative estimate of drug-likeness (QED) is 0.304. The van der Waals surface area contributed by atoms with Crippen LogP contribution < -0.4 is 14.8 Å². The fourth-order valence-corrected chi connectivity index (χ4v) is 4.29. The van der Waals surface area contributed by atoms with Gasteiger partial charge in [-0.2, -0.15) is 0 Å². The van der Waals surface area contributed by atoms with Crippen molar-refractivity contribution < 1.29 is 34.0 Å². The molecular formula is C30H35NO7. The fraction of sp³-hybridized carbons (Fsp3) is 0.333. The zero-order chi connectivity index (χ0) is 27.9. The number of carbonyl (C=O) groups excluding carboxylic acids is 1. The molecule has 0 fully saturated rings. The maximum atomic E-state index is 11.8. The molecule has 1 unspecified atom stereocenters. The van der Waals surface area contributed by atoms with Crippen molar-refractivity contribution in [2.75, 3.05) is 27.9 Å². The van der Waals surface area contributed by atoms with Gasteiger partial charge < -0.3 is 24.4 Å². The Morgan fingerprint density at radius 1 is 0.947 bits per heavy atom. The number of methoxy groups -OCH3 is 3. The second-order valence-corrected chi connectivity index (χ2v) is 9.29. The predicted molar refractivity (Wildman–Crippen MR) is 145 cm³/mol.